The fraction of sp³-hybridized carbons (Fsp3) is 0.577. The van der Waals surface area contributed by atoms with E-state index in [-0.39, 0.29) is 45.2 Å². The van der Waals surface area contributed by atoms with E-state index in [1.807, 2.05) is 0 Å². The van der Waals surface area contributed by atoms with E-state index in [1.54, 1.807) is 12.1 Å². The minimum absolute atomic E-state index is 0.0948. The summed E-state index contributed by atoms with van der Waals surface area (Å²) in [7, 11) is 0. The first-order valence-electron chi connectivity index (χ1n) is 12.7. The molecule has 15 heteroatoms. The number of amides is 2. The maximum atomic E-state index is 12.3. The van der Waals surface area contributed by atoms with Gasteiger partial charge in [-0.05, 0) is 6.07 Å². The summed E-state index contributed by atoms with van der Waals surface area (Å²) in [5.74, 6) is -3.58. The molecule has 0 unspecified atom stereocenters. The predicted molar refractivity (Wildman–Crippen MR) is 138 cm³/mol. The van der Waals surface area contributed by atoms with Gasteiger partial charge in [-0.3, -0.25) is 9.59 Å². The Hall–Kier alpha value is -3.33. The van der Waals surface area contributed by atoms with Gasteiger partial charge in [-0.15, -0.1) is 6.42 Å². The smallest absolute Gasteiger partial charge is 0.364 e. The maximum absolute atomic E-state index is 12.3. The number of carbonyl (C=O) groups is 3. The molecule has 0 aliphatic carbocycles. The zero-order valence-corrected chi connectivity index (χ0v) is 22.2. The Kier molecular flexibility index (Phi) is 13.9. The number of aliphatic hydroxyl groups is 4. The van der Waals surface area contributed by atoms with Crippen molar-refractivity contribution in [3.05, 3.63) is 29.8 Å². The van der Waals surface area contributed by atoms with E-state index in [9.17, 15) is 39.9 Å². The molecule has 0 spiro atoms. The van der Waals surface area contributed by atoms with Crippen LogP contribution in [-0.2, 0) is 39.8 Å². The molecule has 0 saturated carbocycles. The number of phenols is 1. The van der Waals surface area contributed by atoms with Gasteiger partial charge in [0.15, 0.2) is 0 Å². The largest absolute Gasteiger partial charge is 0.508 e. The molecule has 0 radical (unpaired) electrons. The van der Waals surface area contributed by atoms with Gasteiger partial charge in [-0.1, -0.05) is 24.1 Å². The Labute approximate surface area is 236 Å². The average Bonchev–Trinajstić information content (AvgIpc) is 2.95. The van der Waals surface area contributed by atoms with Crippen molar-refractivity contribution in [2.24, 2.45) is 0 Å². The molecule has 1 aromatic rings. The molecule has 1 heterocycles. The standard InChI is InChI=1S/C26H36N2O13/c1-2-7-38-8-9-39-10-11-40-26(25(36)37)13-18(31)22(28-21(34)15-29)24(41-26)23(35)19(32)14-27-20(33)12-16-5-3-4-6-17(16)30/h1,3-6,18-19,22-24,29-32,35H,7-15H2,(H,27,33)(H,28,34)(H,36,37)/t18-,19+,22+,23+,24+,26+/m0/s1. The summed E-state index contributed by atoms with van der Waals surface area (Å²) in [5.41, 5.74) is 0.318. The van der Waals surface area contributed by atoms with E-state index in [2.05, 4.69) is 16.6 Å². The van der Waals surface area contributed by atoms with E-state index in [4.69, 9.17) is 30.5 Å². The number of rotatable bonds is 17. The third-order valence-electron chi connectivity index (χ3n) is 6.07. The average molecular weight is 585 g/mol. The molecule has 2 amide bonds. The number of hydrogen-bond acceptors (Lipinski definition) is 12. The van der Waals surface area contributed by atoms with E-state index >= 15 is 0 Å². The number of terminal acetylenes is 1. The number of carboxylic acids is 1. The van der Waals surface area contributed by atoms with Crippen molar-refractivity contribution in [3.63, 3.8) is 0 Å². The summed E-state index contributed by atoms with van der Waals surface area (Å²) < 4.78 is 21.3. The number of aliphatic carboxylic acids is 1. The molecule has 6 atom stereocenters. The highest BCUT2D eigenvalue weighted by atomic mass is 16.7. The van der Waals surface area contributed by atoms with Crippen LogP contribution in [0.3, 0.4) is 0 Å². The molecule has 228 valence electrons. The lowest BCUT2D eigenvalue weighted by Gasteiger charge is -2.46. The van der Waals surface area contributed by atoms with Crippen LogP contribution in [0.1, 0.15) is 12.0 Å². The lowest BCUT2D eigenvalue weighted by Crippen LogP contribution is -2.68. The molecule has 0 aromatic heterocycles. The van der Waals surface area contributed by atoms with Crippen molar-refractivity contribution in [2.75, 3.05) is 46.2 Å². The SMILES string of the molecule is C#CCOCCOCCO[C@]1(C(=O)O)C[C@H](O)[C@@H](NC(=O)CO)[C@H]([C@H](O)[C@H](O)CNC(=O)Cc2ccccc2O)O1. The quantitative estimate of drug-likeness (QED) is 0.0669. The number of phenolic OH excluding ortho intramolecular Hbond substituents is 1. The first-order valence-corrected chi connectivity index (χ1v) is 12.7. The zero-order chi connectivity index (χ0) is 30.4. The molecular formula is C26H36N2O13. The van der Waals surface area contributed by atoms with Gasteiger partial charge in [0.25, 0.3) is 5.79 Å². The number of carboxylic acid groups (broad SMARTS) is 1. The van der Waals surface area contributed by atoms with Crippen LogP contribution >= 0.6 is 0 Å². The zero-order valence-electron chi connectivity index (χ0n) is 22.2. The van der Waals surface area contributed by atoms with E-state index in [1.165, 1.54) is 12.1 Å². The minimum atomic E-state index is -2.51. The molecule has 2 rings (SSSR count). The third kappa shape index (κ3) is 10.2. The van der Waals surface area contributed by atoms with Crippen molar-refractivity contribution in [2.45, 2.75) is 49.1 Å². The molecule has 1 saturated heterocycles. The van der Waals surface area contributed by atoms with Crippen molar-refractivity contribution in [3.8, 4) is 18.1 Å². The van der Waals surface area contributed by atoms with Crippen LogP contribution in [-0.4, -0.2) is 131 Å². The van der Waals surface area contributed by atoms with Gasteiger partial charge in [0, 0.05) is 18.5 Å². The Balaban J connectivity index is 2.09. The molecule has 1 aliphatic rings. The predicted octanol–water partition coefficient (Wildman–Crippen LogP) is -3.14. The highest BCUT2D eigenvalue weighted by Crippen LogP contribution is 2.33. The highest BCUT2D eigenvalue weighted by Gasteiger charge is 2.55. The number of carbonyl (C=O) groups excluding carboxylic acids is 2. The van der Waals surface area contributed by atoms with Crippen molar-refractivity contribution in [1.82, 2.24) is 10.6 Å². The minimum Gasteiger partial charge on any atom is -0.508 e. The highest BCUT2D eigenvalue weighted by molar-refractivity contribution is 5.79. The number of aromatic hydroxyl groups is 1. The van der Waals surface area contributed by atoms with E-state index in [0.717, 1.165) is 0 Å². The number of ether oxygens (including phenoxy) is 4. The lowest BCUT2D eigenvalue weighted by atomic mass is 9.88. The summed E-state index contributed by atoms with van der Waals surface area (Å²) >= 11 is 0. The molecule has 0 bridgehead atoms. The van der Waals surface area contributed by atoms with Crippen LogP contribution in [0.4, 0.5) is 0 Å². The molecule has 1 aromatic carbocycles. The second-order valence-electron chi connectivity index (χ2n) is 9.05. The second kappa shape index (κ2) is 16.8. The van der Waals surface area contributed by atoms with Crippen LogP contribution in [0, 0.1) is 12.3 Å². The van der Waals surface area contributed by atoms with Crippen molar-refractivity contribution < 1.29 is 64.0 Å². The molecule has 41 heavy (non-hydrogen) atoms. The molecule has 8 N–H and O–H groups in total. The fourth-order valence-electron chi connectivity index (χ4n) is 4.02. The van der Waals surface area contributed by atoms with Crippen LogP contribution in [0.15, 0.2) is 24.3 Å². The summed E-state index contributed by atoms with van der Waals surface area (Å²) in [6, 6.07) is 4.64. The van der Waals surface area contributed by atoms with Gasteiger partial charge < -0.3 is 60.2 Å². The number of nitrogens with one attached hydrogen (secondary N) is 2. The number of benzene rings is 1. The van der Waals surface area contributed by atoms with Gasteiger partial charge >= 0.3 is 5.97 Å². The first-order chi connectivity index (χ1) is 19.5. The Morgan fingerprint density at radius 1 is 1.12 bits per heavy atom. The number of hydrogen-bond donors (Lipinski definition) is 8. The Bertz CT molecular complexity index is 1050. The van der Waals surface area contributed by atoms with E-state index < -0.39 is 73.6 Å². The number of para-hydroxylation sites is 1. The Morgan fingerprint density at radius 3 is 2.46 bits per heavy atom. The van der Waals surface area contributed by atoms with Gasteiger partial charge in [0.2, 0.25) is 11.8 Å². The molecule has 1 fully saturated rings. The van der Waals surface area contributed by atoms with Gasteiger partial charge in [0.05, 0.1) is 51.1 Å². The lowest BCUT2D eigenvalue weighted by molar-refractivity contribution is -0.312. The van der Waals surface area contributed by atoms with Crippen LogP contribution in [0.2, 0.25) is 0 Å². The maximum Gasteiger partial charge on any atom is 0.364 e. The normalized spacial score (nSPS) is 23.6. The van der Waals surface area contributed by atoms with Gasteiger partial charge in [0.1, 0.15) is 31.2 Å². The van der Waals surface area contributed by atoms with Crippen molar-refractivity contribution in [1.29, 1.82) is 0 Å². The third-order valence-corrected chi connectivity index (χ3v) is 6.07. The van der Waals surface area contributed by atoms with Crippen molar-refractivity contribution >= 4 is 17.8 Å². The second-order valence-corrected chi connectivity index (χ2v) is 9.05. The van der Waals surface area contributed by atoms with Gasteiger partial charge in [-0.25, -0.2) is 4.79 Å². The van der Waals surface area contributed by atoms with Crippen LogP contribution in [0.25, 0.3) is 0 Å². The topological polar surface area (TPSA) is 234 Å². The molecule has 15 nitrogen and oxygen atoms in total. The molecular weight excluding hydrogens is 548 g/mol. The summed E-state index contributed by atoms with van der Waals surface area (Å²) in [6.07, 6.45) is -3.05. The number of aliphatic hydroxyl groups excluding tert-OH is 4. The first kappa shape index (κ1) is 33.9. The van der Waals surface area contributed by atoms with Gasteiger partial charge in [-0.2, -0.15) is 0 Å². The molecule has 1 aliphatic heterocycles. The van der Waals surface area contributed by atoms with Crippen LogP contribution in [0.5, 0.6) is 5.75 Å². The monoisotopic (exact) mass is 584 g/mol. The fourth-order valence-corrected chi connectivity index (χ4v) is 4.02. The summed E-state index contributed by atoms with van der Waals surface area (Å²) in [6.45, 7) is -1.54. The van der Waals surface area contributed by atoms with E-state index in [0.29, 0.717) is 5.56 Å². The summed E-state index contributed by atoms with van der Waals surface area (Å²) in [5, 5.41) is 65.7. The Morgan fingerprint density at radius 2 is 1.80 bits per heavy atom. The van der Waals surface area contributed by atoms with Crippen LogP contribution < -0.4 is 10.6 Å². The summed E-state index contributed by atoms with van der Waals surface area (Å²) in [4.78, 5) is 36.4.